The topological polar surface area (TPSA) is 55.8 Å². The number of benzene rings is 2. The van der Waals surface area contributed by atoms with E-state index in [2.05, 4.69) is 0 Å². The van der Waals surface area contributed by atoms with Crippen LogP contribution in [0.25, 0.3) is 0 Å². The number of ether oxygens (including phenoxy) is 2. The van der Waals surface area contributed by atoms with Crippen LogP contribution in [0.1, 0.15) is 17.5 Å². The molecule has 1 heterocycles. The highest BCUT2D eigenvalue weighted by Gasteiger charge is 2.35. The predicted molar refractivity (Wildman–Crippen MR) is 93.3 cm³/mol. The minimum absolute atomic E-state index is 0.0164. The molecule has 0 aromatic heterocycles. The van der Waals surface area contributed by atoms with E-state index in [1.165, 1.54) is 5.56 Å². The predicted octanol–water partition coefficient (Wildman–Crippen LogP) is 2.96. The molecule has 25 heavy (non-hydrogen) atoms. The number of amides is 1. The second-order valence-corrected chi connectivity index (χ2v) is 6.26. The van der Waals surface area contributed by atoms with Gasteiger partial charge < -0.3 is 14.4 Å². The Balaban J connectivity index is 1.59. The Bertz CT molecular complexity index is 752. The molecule has 1 atom stereocenters. The number of methoxy groups -OCH3 is 1. The van der Waals surface area contributed by atoms with Gasteiger partial charge in [-0.3, -0.25) is 9.59 Å². The molecule has 5 heteroatoms. The molecule has 0 N–H and O–H groups in total. The van der Waals surface area contributed by atoms with Crippen LogP contribution in [0, 0.1) is 12.8 Å². The average Bonchev–Trinajstić information content (AvgIpc) is 2.98. The normalized spacial score (nSPS) is 16.8. The van der Waals surface area contributed by atoms with Gasteiger partial charge in [0.1, 0.15) is 11.5 Å². The van der Waals surface area contributed by atoms with Gasteiger partial charge in [0.2, 0.25) is 5.91 Å². The summed E-state index contributed by atoms with van der Waals surface area (Å²) in [5.41, 5.74) is 2.24. The Hall–Kier alpha value is -2.82. The Kier molecular flexibility index (Phi) is 5.03. The zero-order valence-corrected chi connectivity index (χ0v) is 14.4. The number of esters is 1. The molecule has 1 fully saturated rings. The third kappa shape index (κ3) is 4.18. The van der Waals surface area contributed by atoms with Crippen molar-refractivity contribution in [2.24, 2.45) is 5.92 Å². The lowest BCUT2D eigenvalue weighted by Gasteiger charge is -2.16. The van der Waals surface area contributed by atoms with Crippen molar-refractivity contribution < 1.29 is 19.1 Å². The molecule has 1 aliphatic heterocycles. The lowest BCUT2D eigenvalue weighted by atomic mass is 10.1. The summed E-state index contributed by atoms with van der Waals surface area (Å²) < 4.78 is 10.5. The van der Waals surface area contributed by atoms with E-state index < -0.39 is 5.92 Å². The molecule has 0 saturated carbocycles. The first-order valence-electron chi connectivity index (χ1n) is 8.24. The van der Waals surface area contributed by atoms with E-state index in [0.717, 1.165) is 5.56 Å². The first-order valence-corrected chi connectivity index (χ1v) is 8.24. The summed E-state index contributed by atoms with van der Waals surface area (Å²) in [5.74, 6) is 0.331. The van der Waals surface area contributed by atoms with Crippen LogP contribution in [0.3, 0.4) is 0 Å². The Morgan fingerprint density at radius 2 is 1.72 bits per heavy atom. The summed E-state index contributed by atoms with van der Waals surface area (Å²) in [7, 11) is 1.58. The number of carbonyl (C=O) groups is 2. The first-order chi connectivity index (χ1) is 12.0. The van der Waals surface area contributed by atoms with Gasteiger partial charge >= 0.3 is 5.97 Å². The molecule has 1 saturated heterocycles. The van der Waals surface area contributed by atoms with E-state index in [-0.39, 0.29) is 18.3 Å². The van der Waals surface area contributed by atoms with Crippen molar-refractivity contribution >= 4 is 11.9 Å². The monoisotopic (exact) mass is 339 g/mol. The van der Waals surface area contributed by atoms with Crippen LogP contribution in [0.2, 0.25) is 0 Å². The van der Waals surface area contributed by atoms with Gasteiger partial charge in [0.25, 0.3) is 0 Å². The van der Waals surface area contributed by atoms with E-state index in [4.69, 9.17) is 9.47 Å². The number of hydrogen-bond acceptors (Lipinski definition) is 4. The Labute approximate surface area is 147 Å². The van der Waals surface area contributed by atoms with Gasteiger partial charge in [0.15, 0.2) is 0 Å². The largest absolute Gasteiger partial charge is 0.497 e. The molecular weight excluding hydrogens is 318 g/mol. The fourth-order valence-electron chi connectivity index (χ4n) is 2.84. The van der Waals surface area contributed by atoms with Crippen molar-refractivity contribution in [1.29, 1.82) is 0 Å². The number of nitrogens with zero attached hydrogens (tertiary/aromatic N) is 1. The summed E-state index contributed by atoms with van der Waals surface area (Å²) in [6, 6.07) is 14.9. The van der Waals surface area contributed by atoms with Crippen LogP contribution in [-0.2, 0) is 16.1 Å². The third-order valence-corrected chi connectivity index (χ3v) is 4.32. The smallest absolute Gasteiger partial charge is 0.316 e. The highest BCUT2D eigenvalue weighted by Crippen LogP contribution is 2.24. The fourth-order valence-corrected chi connectivity index (χ4v) is 2.84. The second kappa shape index (κ2) is 7.38. The van der Waals surface area contributed by atoms with Crippen LogP contribution in [0.15, 0.2) is 48.5 Å². The SMILES string of the molecule is COc1ccc(OC(=O)[C@H]2CC(=O)N(Cc3ccc(C)cc3)C2)cc1. The number of carbonyl (C=O) groups excluding carboxylic acids is 2. The molecule has 130 valence electrons. The van der Waals surface area contributed by atoms with Crippen molar-refractivity contribution in [3.8, 4) is 11.5 Å². The minimum atomic E-state index is -0.431. The summed E-state index contributed by atoms with van der Waals surface area (Å²) in [6.07, 6.45) is 0.195. The molecule has 0 bridgehead atoms. The number of rotatable bonds is 5. The van der Waals surface area contributed by atoms with E-state index in [1.54, 1.807) is 36.3 Å². The van der Waals surface area contributed by atoms with Crippen LogP contribution in [0.4, 0.5) is 0 Å². The van der Waals surface area contributed by atoms with Gasteiger partial charge in [-0.05, 0) is 36.8 Å². The number of aryl methyl sites for hydroxylation is 1. The highest BCUT2D eigenvalue weighted by molar-refractivity contribution is 5.87. The van der Waals surface area contributed by atoms with Gasteiger partial charge in [0, 0.05) is 19.5 Å². The average molecular weight is 339 g/mol. The van der Waals surface area contributed by atoms with E-state index in [1.807, 2.05) is 31.2 Å². The summed E-state index contributed by atoms with van der Waals surface area (Å²) in [6.45, 7) is 2.93. The fraction of sp³-hybridized carbons (Fsp3) is 0.300. The molecule has 1 aliphatic rings. The summed E-state index contributed by atoms with van der Waals surface area (Å²) in [4.78, 5) is 26.2. The van der Waals surface area contributed by atoms with Crippen molar-refractivity contribution in [2.75, 3.05) is 13.7 Å². The molecule has 1 amide bonds. The molecule has 5 nitrogen and oxygen atoms in total. The van der Waals surface area contributed by atoms with Crippen LogP contribution >= 0.6 is 0 Å². The zero-order chi connectivity index (χ0) is 17.8. The highest BCUT2D eigenvalue weighted by atomic mass is 16.5. The van der Waals surface area contributed by atoms with Crippen LogP contribution in [0.5, 0.6) is 11.5 Å². The quantitative estimate of drug-likeness (QED) is 0.621. The number of hydrogen-bond donors (Lipinski definition) is 0. The van der Waals surface area contributed by atoms with E-state index >= 15 is 0 Å². The van der Waals surface area contributed by atoms with Crippen molar-refractivity contribution in [3.63, 3.8) is 0 Å². The Morgan fingerprint density at radius 1 is 1.08 bits per heavy atom. The molecular formula is C20H21NO4. The van der Waals surface area contributed by atoms with Crippen molar-refractivity contribution in [2.45, 2.75) is 19.9 Å². The molecule has 0 unspecified atom stereocenters. The van der Waals surface area contributed by atoms with Gasteiger partial charge in [-0.2, -0.15) is 0 Å². The lowest BCUT2D eigenvalue weighted by molar-refractivity contribution is -0.139. The van der Waals surface area contributed by atoms with Gasteiger partial charge in [-0.1, -0.05) is 29.8 Å². The Morgan fingerprint density at radius 3 is 2.36 bits per heavy atom. The maximum Gasteiger partial charge on any atom is 0.316 e. The summed E-state index contributed by atoms with van der Waals surface area (Å²) >= 11 is 0. The molecule has 3 rings (SSSR count). The standard InChI is InChI=1S/C20H21NO4/c1-14-3-5-15(6-4-14)12-21-13-16(11-19(21)22)20(23)25-18-9-7-17(24-2)8-10-18/h3-10,16H,11-13H2,1-2H3/t16-/m0/s1. The minimum Gasteiger partial charge on any atom is -0.497 e. The molecule has 0 spiro atoms. The lowest BCUT2D eigenvalue weighted by Crippen LogP contribution is -2.27. The maximum absolute atomic E-state index is 12.3. The molecule has 0 radical (unpaired) electrons. The van der Waals surface area contributed by atoms with Crippen molar-refractivity contribution in [1.82, 2.24) is 4.90 Å². The van der Waals surface area contributed by atoms with Gasteiger partial charge in [-0.15, -0.1) is 0 Å². The number of likely N-dealkylation sites (tertiary alicyclic amines) is 1. The van der Waals surface area contributed by atoms with Gasteiger partial charge in [0.05, 0.1) is 13.0 Å². The molecule has 0 aliphatic carbocycles. The van der Waals surface area contributed by atoms with Crippen LogP contribution in [-0.4, -0.2) is 30.4 Å². The third-order valence-electron chi connectivity index (χ3n) is 4.32. The molecule has 2 aromatic carbocycles. The first kappa shape index (κ1) is 17.0. The van der Waals surface area contributed by atoms with Crippen LogP contribution < -0.4 is 9.47 Å². The second-order valence-electron chi connectivity index (χ2n) is 6.26. The van der Waals surface area contributed by atoms with E-state index in [0.29, 0.717) is 24.6 Å². The maximum atomic E-state index is 12.3. The zero-order valence-electron chi connectivity index (χ0n) is 14.4. The summed E-state index contributed by atoms with van der Waals surface area (Å²) in [5, 5.41) is 0. The van der Waals surface area contributed by atoms with Crippen molar-refractivity contribution in [3.05, 3.63) is 59.7 Å². The van der Waals surface area contributed by atoms with E-state index in [9.17, 15) is 9.59 Å². The molecule has 2 aromatic rings. The van der Waals surface area contributed by atoms with Gasteiger partial charge in [-0.25, -0.2) is 0 Å².